The number of alkyl halides is 3. The number of pyridine rings is 1. The quantitative estimate of drug-likeness (QED) is 0.566. The van der Waals surface area contributed by atoms with Gasteiger partial charge in [0.1, 0.15) is 5.82 Å². The van der Waals surface area contributed by atoms with Crippen molar-refractivity contribution in [1.82, 2.24) is 15.6 Å². The maximum absolute atomic E-state index is 12.8. The van der Waals surface area contributed by atoms with Crippen molar-refractivity contribution in [3.05, 3.63) is 44.7 Å². The van der Waals surface area contributed by atoms with E-state index in [0.29, 0.717) is 31.4 Å². The Morgan fingerprint density at radius 3 is 2.86 bits per heavy atom. The van der Waals surface area contributed by atoms with Crippen LogP contribution in [0.2, 0.25) is 5.02 Å². The van der Waals surface area contributed by atoms with Gasteiger partial charge < -0.3 is 15.5 Å². The van der Waals surface area contributed by atoms with E-state index in [1.807, 2.05) is 4.90 Å². The third kappa shape index (κ3) is 4.88. The molecule has 1 aliphatic heterocycles. The van der Waals surface area contributed by atoms with Crippen LogP contribution in [-0.2, 0) is 12.7 Å². The number of hydrogen-bond donors (Lipinski definition) is 2. The predicted octanol–water partition coefficient (Wildman–Crippen LogP) is 4.07. The average molecular weight is 432 g/mol. The summed E-state index contributed by atoms with van der Waals surface area (Å²) in [7, 11) is 1.71. The molecule has 2 aromatic rings. The van der Waals surface area contributed by atoms with Gasteiger partial charge in [0.05, 0.1) is 17.1 Å². The molecule has 0 spiro atoms. The number of rotatable bonds is 4. The smallest absolute Gasteiger partial charge is 0.353 e. The molecule has 0 saturated carbocycles. The summed E-state index contributed by atoms with van der Waals surface area (Å²) < 4.78 is 38.3. The topological polar surface area (TPSA) is 52.6 Å². The molecule has 0 aromatic carbocycles. The molecule has 5 nitrogen and oxygen atoms in total. The number of anilines is 1. The molecule has 0 aliphatic carbocycles. The zero-order valence-electron chi connectivity index (χ0n) is 15.5. The number of halogens is 4. The van der Waals surface area contributed by atoms with Gasteiger partial charge in [-0.25, -0.2) is 4.98 Å². The molecule has 1 fully saturated rings. The normalized spacial score (nSPS) is 17.9. The summed E-state index contributed by atoms with van der Waals surface area (Å²) in [4.78, 5) is 11.3. The van der Waals surface area contributed by atoms with Gasteiger partial charge in [0.25, 0.3) is 0 Å². The van der Waals surface area contributed by atoms with Gasteiger partial charge in [-0.2, -0.15) is 13.2 Å². The number of aromatic nitrogens is 1. The Balaban J connectivity index is 1.58. The van der Waals surface area contributed by atoms with E-state index in [1.54, 1.807) is 18.4 Å². The summed E-state index contributed by atoms with van der Waals surface area (Å²) >= 11 is 7.75. The monoisotopic (exact) mass is 431 g/mol. The first-order valence-corrected chi connectivity index (χ1v) is 10.0. The Hall–Kier alpha value is -2.00. The summed E-state index contributed by atoms with van der Waals surface area (Å²) in [6.07, 6.45) is -2.83. The Morgan fingerprint density at radius 2 is 2.25 bits per heavy atom. The lowest BCUT2D eigenvalue weighted by atomic mass is 10.2. The number of aliphatic imine (C=N–C) groups is 1. The molecule has 10 heteroatoms. The molecule has 1 atom stereocenters. The fourth-order valence-corrected chi connectivity index (χ4v) is 4.16. The highest BCUT2D eigenvalue weighted by atomic mass is 35.5. The van der Waals surface area contributed by atoms with Crippen LogP contribution in [0.3, 0.4) is 0 Å². The summed E-state index contributed by atoms with van der Waals surface area (Å²) in [5, 5.41) is 8.71. The van der Waals surface area contributed by atoms with Crippen LogP contribution in [0, 0.1) is 6.92 Å². The molecule has 2 aromatic heterocycles. The van der Waals surface area contributed by atoms with Crippen LogP contribution in [0.5, 0.6) is 0 Å². The van der Waals surface area contributed by atoms with E-state index in [4.69, 9.17) is 11.6 Å². The second-order valence-electron chi connectivity index (χ2n) is 6.56. The minimum Gasteiger partial charge on any atom is -0.353 e. The molecule has 152 valence electrons. The molecule has 2 N–H and O–H groups in total. The molecule has 3 heterocycles. The first kappa shape index (κ1) is 20.7. The lowest BCUT2D eigenvalue weighted by Crippen LogP contribution is -2.44. The van der Waals surface area contributed by atoms with E-state index in [0.717, 1.165) is 18.7 Å². The maximum Gasteiger partial charge on any atom is 0.417 e. The standard InChI is InChI=1S/C18H21ClF3N5S/c1-11-4-6-28-15(11)9-25-17(23-2)26-13-3-5-27(10-13)16-14(19)7-12(8-24-16)18(20,21)22/h4,6-8,13H,3,5,9-10H2,1-2H3,(H2,23,25,26). The number of hydrogen-bond acceptors (Lipinski definition) is 4. The molecule has 1 saturated heterocycles. The Kier molecular flexibility index (Phi) is 6.34. The lowest BCUT2D eigenvalue weighted by Gasteiger charge is -2.21. The van der Waals surface area contributed by atoms with Crippen LogP contribution in [0.1, 0.15) is 22.4 Å². The van der Waals surface area contributed by atoms with Gasteiger partial charge in [-0.05, 0) is 36.4 Å². The van der Waals surface area contributed by atoms with Crippen molar-refractivity contribution >= 4 is 34.7 Å². The number of thiophene rings is 1. The highest BCUT2D eigenvalue weighted by Gasteiger charge is 2.33. The van der Waals surface area contributed by atoms with E-state index in [9.17, 15) is 13.2 Å². The zero-order valence-corrected chi connectivity index (χ0v) is 17.0. The van der Waals surface area contributed by atoms with Gasteiger partial charge in [0.15, 0.2) is 5.96 Å². The molecule has 0 bridgehead atoms. The first-order chi connectivity index (χ1) is 13.3. The minimum atomic E-state index is -4.46. The van der Waals surface area contributed by atoms with Gasteiger partial charge in [-0.3, -0.25) is 4.99 Å². The van der Waals surface area contributed by atoms with Crippen LogP contribution < -0.4 is 15.5 Å². The molecule has 0 amide bonds. The van der Waals surface area contributed by atoms with Crippen LogP contribution in [0.25, 0.3) is 0 Å². The van der Waals surface area contributed by atoms with E-state index in [-0.39, 0.29) is 11.1 Å². The lowest BCUT2D eigenvalue weighted by molar-refractivity contribution is -0.137. The zero-order chi connectivity index (χ0) is 20.3. The fraction of sp³-hybridized carbons (Fsp3) is 0.444. The van der Waals surface area contributed by atoms with Gasteiger partial charge in [0.2, 0.25) is 0 Å². The summed E-state index contributed by atoms with van der Waals surface area (Å²) in [5.74, 6) is 1.06. The van der Waals surface area contributed by atoms with Crippen molar-refractivity contribution in [3.8, 4) is 0 Å². The first-order valence-electron chi connectivity index (χ1n) is 8.75. The highest BCUT2D eigenvalue weighted by Crippen LogP contribution is 2.34. The maximum atomic E-state index is 12.8. The predicted molar refractivity (Wildman–Crippen MR) is 107 cm³/mol. The molecule has 3 rings (SSSR count). The third-order valence-electron chi connectivity index (χ3n) is 4.59. The Bertz CT molecular complexity index is 852. The highest BCUT2D eigenvalue weighted by molar-refractivity contribution is 7.10. The van der Waals surface area contributed by atoms with E-state index < -0.39 is 11.7 Å². The molecule has 28 heavy (non-hydrogen) atoms. The summed E-state index contributed by atoms with van der Waals surface area (Å²) in [6, 6.07) is 3.10. The molecule has 1 aliphatic rings. The van der Waals surface area contributed by atoms with Crippen LogP contribution in [0.15, 0.2) is 28.7 Å². The Labute approximate surface area is 170 Å². The summed E-state index contributed by atoms with van der Waals surface area (Å²) in [5.41, 5.74) is 0.395. The van der Waals surface area contributed by atoms with Gasteiger partial charge in [-0.1, -0.05) is 11.6 Å². The van der Waals surface area contributed by atoms with Gasteiger partial charge >= 0.3 is 6.18 Å². The van der Waals surface area contributed by atoms with Crippen LogP contribution in [-0.4, -0.2) is 37.1 Å². The van der Waals surface area contributed by atoms with Crippen molar-refractivity contribution in [2.45, 2.75) is 32.1 Å². The second-order valence-corrected chi connectivity index (χ2v) is 7.96. The molecule has 0 radical (unpaired) electrons. The number of nitrogens with zero attached hydrogens (tertiary/aromatic N) is 3. The van der Waals surface area contributed by atoms with Crippen molar-refractivity contribution in [2.75, 3.05) is 25.0 Å². The fourth-order valence-electron chi connectivity index (χ4n) is 3.03. The Morgan fingerprint density at radius 1 is 1.46 bits per heavy atom. The van der Waals surface area contributed by atoms with E-state index >= 15 is 0 Å². The van der Waals surface area contributed by atoms with Crippen LogP contribution in [0.4, 0.5) is 19.0 Å². The van der Waals surface area contributed by atoms with Crippen molar-refractivity contribution < 1.29 is 13.2 Å². The van der Waals surface area contributed by atoms with Gasteiger partial charge in [0, 0.05) is 37.3 Å². The largest absolute Gasteiger partial charge is 0.417 e. The van der Waals surface area contributed by atoms with Crippen molar-refractivity contribution in [1.29, 1.82) is 0 Å². The van der Waals surface area contributed by atoms with Crippen molar-refractivity contribution in [3.63, 3.8) is 0 Å². The number of aryl methyl sites for hydroxylation is 1. The second kappa shape index (κ2) is 8.57. The molecular formula is C18H21ClF3N5S. The number of guanidine groups is 1. The SMILES string of the molecule is CN=C(NCc1sccc1C)NC1CCN(c2ncc(C(F)(F)F)cc2Cl)C1. The van der Waals surface area contributed by atoms with Crippen LogP contribution >= 0.6 is 22.9 Å². The molecule has 1 unspecified atom stereocenters. The molecular weight excluding hydrogens is 411 g/mol. The van der Waals surface area contributed by atoms with Crippen molar-refractivity contribution in [2.24, 2.45) is 4.99 Å². The average Bonchev–Trinajstić information content (AvgIpc) is 3.26. The summed E-state index contributed by atoms with van der Waals surface area (Å²) in [6.45, 7) is 3.98. The van der Waals surface area contributed by atoms with E-state index in [1.165, 1.54) is 10.4 Å². The number of nitrogens with one attached hydrogen (secondary N) is 2. The minimum absolute atomic E-state index is 0.00570. The third-order valence-corrected chi connectivity index (χ3v) is 5.89. The van der Waals surface area contributed by atoms with Gasteiger partial charge in [-0.15, -0.1) is 11.3 Å². The van der Waals surface area contributed by atoms with E-state index in [2.05, 4.69) is 39.0 Å².